The maximum atomic E-state index is 12.1. The molecule has 0 atom stereocenters. The zero-order valence-corrected chi connectivity index (χ0v) is 17.7. The SMILES string of the molecule is CC(C)(C)OC(=O)N1CCC(CN2CC(NC(=O)OCc3ccccc3)C2)CC1. The summed E-state index contributed by atoms with van der Waals surface area (Å²) >= 11 is 0. The summed E-state index contributed by atoms with van der Waals surface area (Å²) in [6.45, 7) is 10.2. The first-order chi connectivity index (χ1) is 13.8. The van der Waals surface area contributed by atoms with Crippen LogP contribution in [0.5, 0.6) is 0 Å². The summed E-state index contributed by atoms with van der Waals surface area (Å²) in [4.78, 5) is 28.2. The normalized spacial score (nSPS) is 18.8. The molecule has 2 aliphatic heterocycles. The molecule has 0 aliphatic carbocycles. The largest absolute Gasteiger partial charge is 0.445 e. The van der Waals surface area contributed by atoms with Crippen molar-refractivity contribution in [1.29, 1.82) is 0 Å². The summed E-state index contributed by atoms with van der Waals surface area (Å²) in [5.41, 5.74) is 0.533. The second-order valence-corrected chi connectivity index (χ2v) is 9.03. The predicted octanol–water partition coefficient (Wildman–Crippen LogP) is 3.24. The van der Waals surface area contributed by atoms with Gasteiger partial charge in [-0.25, -0.2) is 9.59 Å². The molecule has 1 N–H and O–H groups in total. The first-order valence-electron chi connectivity index (χ1n) is 10.5. The fourth-order valence-electron chi connectivity index (χ4n) is 3.73. The van der Waals surface area contributed by atoms with Crippen LogP contribution in [0.3, 0.4) is 0 Å². The maximum Gasteiger partial charge on any atom is 0.410 e. The average molecular weight is 404 g/mol. The number of rotatable bonds is 5. The summed E-state index contributed by atoms with van der Waals surface area (Å²) in [6, 6.07) is 9.82. The van der Waals surface area contributed by atoms with Crippen molar-refractivity contribution in [3.8, 4) is 0 Å². The Balaban J connectivity index is 1.27. The Hall–Kier alpha value is -2.28. The van der Waals surface area contributed by atoms with Gasteiger partial charge in [0.05, 0.1) is 6.04 Å². The van der Waals surface area contributed by atoms with Gasteiger partial charge in [-0.1, -0.05) is 30.3 Å². The van der Waals surface area contributed by atoms with Crippen molar-refractivity contribution in [2.75, 3.05) is 32.7 Å². The summed E-state index contributed by atoms with van der Waals surface area (Å²) in [5, 5.41) is 2.93. The number of alkyl carbamates (subject to hydrolysis) is 1. The standard InChI is InChI=1S/C22H33N3O4/c1-22(2,3)29-21(27)25-11-9-17(10-12-25)13-24-14-19(15-24)23-20(26)28-16-18-7-5-4-6-8-18/h4-8,17,19H,9-16H2,1-3H3,(H,23,26). The van der Waals surface area contributed by atoms with E-state index in [1.165, 1.54) is 0 Å². The van der Waals surface area contributed by atoms with Gasteiger partial charge in [-0.15, -0.1) is 0 Å². The molecular formula is C22H33N3O4. The van der Waals surface area contributed by atoms with Crippen LogP contribution in [0.15, 0.2) is 30.3 Å². The van der Waals surface area contributed by atoms with Crippen LogP contribution in [-0.4, -0.2) is 66.4 Å². The zero-order valence-electron chi connectivity index (χ0n) is 17.7. The number of hydrogen-bond acceptors (Lipinski definition) is 5. The number of benzene rings is 1. The molecule has 2 saturated heterocycles. The van der Waals surface area contributed by atoms with Crippen LogP contribution in [0, 0.1) is 5.92 Å². The highest BCUT2D eigenvalue weighted by Crippen LogP contribution is 2.22. The molecule has 0 bridgehead atoms. The van der Waals surface area contributed by atoms with E-state index < -0.39 is 5.60 Å². The monoisotopic (exact) mass is 403 g/mol. The number of ether oxygens (including phenoxy) is 2. The van der Waals surface area contributed by atoms with Crippen molar-refractivity contribution in [2.24, 2.45) is 5.92 Å². The van der Waals surface area contributed by atoms with Crippen LogP contribution in [0.2, 0.25) is 0 Å². The molecule has 2 heterocycles. The number of carbonyl (C=O) groups excluding carboxylic acids is 2. The van der Waals surface area contributed by atoms with Crippen LogP contribution >= 0.6 is 0 Å². The highest BCUT2D eigenvalue weighted by Gasteiger charge is 2.32. The quantitative estimate of drug-likeness (QED) is 0.817. The minimum Gasteiger partial charge on any atom is -0.445 e. The Kier molecular flexibility index (Phi) is 7.00. The van der Waals surface area contributed by atoms with Crippen LogP contribution in [-0.2, 0) is 16.1 Å². The summed E-state index contributed by atoms with van der Waals surface area (Å²) in [6.07, 6.45) is 1.42. The number of nitrogens with zero attached hydrogens (tertiary/aromatic N) is 2. The Morgan fingerprint density at radius 1 is 1.10 bits per heavy atom. The topological polar surface area (TPSA) is 71.1 Å². The second-order valence-electron chi connectivity index (χ2n) is 9.03. The average Bonchev–Trinajstić information content (AvgIpc) is 2.64. The molecule has 7 heteroatoms. The van der Waals surface area contributed by atoms with Crippen molar-refractivity contribution in [3.63, 3.8) is 0 Å². The molecule has 1 aromatic carbocycles. The Morgan fingerprint density at radius 2 is 1.76 bits per heavy atom. The molecule has 160 valence electrons. The van der Waals surface area contributed by atoms with Gasteiger partial charge in [0.25, 0.3) is 0 Å². The highest BCUT2D eigenvalue weighted by molar-refractivity contribution is 5.68. The molecule has 0 radical (unpaired) electrons. The van der Waals surface area contributed by atoms with Gasteiger partial charge in [0.1, 0.15) is 12.2 Å². The molecule has 1 aromatic rings. The minimum atomic E-state index is -0.449. The molecule has 2 fully saturated rings. The van der Waals surface area contributed by atoms with Gasteiger partial charge >= 0.3 is 12.2 Å². The first-order valence-corrected chi connectivity index (χ1v) is 10.5. The van der Waals surface area contributed by atoms with Gasteiger partial charge in [0.2, 0.25) is 0 Å². The van der Waals surface area contributed by atoms with Gasteiger partial charge < -0.3 is 19.7 Å². The van der Waals surface area contributed by atoms with E-state index in [-0.39, 0.29) is 18.2 Å². The van der Waals surface area contributed by atoms with Crippen LogP contribution in [0.1, 0.15) is 39.2 Å². The molecule has 0 spiro atoms. The number of nitrogens with one attached hydrogen (secondary N) is 1. The van der Waals surface area contributed by atoms with E-state index in [9.17, 15) is 9.59 Å². The number of piperidine rings is 1. The number of carbonyl (C=O) groups is 2. The fourth-order valence-corrected chi connectivity index (χ4v) is 3.73. The van der Waals surface area contributed by atoms with Crippen LogP contribution in [0.4, 0.5) is 9.59 Å². The molecule has 7 nitrogen and oxygen atoms in total. The number of likely N-dealkylation sites (tertiary alicyclic amines) is 2. The minimum absolute atomic E-state index is 0.153. The molecule has 2 aliphatic rings. The number of hydrogen-bond donors (Lipinski definition) is 1. The van der Waals surface area contributed by atoms with Gasteiger partial charge in [-0.3, -0.25) is 4.90 Å². The molecule has 2 amide bonds. The third kappa shape index (κ3) is 6.92. The van der Waals surface area contributed by atoms with Gasteiger partial charge in [-0.2, -0.15) is 0 Å². The lowest BCUT2D eigenvalue weighted by Gasteiger charge is -2.42. The fraction of sp³-hybridized carbons (Fsp3) is 0.636. The van der Waals surface area contributed by atoms with Gasteiger partial charge in [0, 0.05) is 32.7 Å². The Labute approximate surface area is 173 Å². The third-order valence-corrected chi connectivity index (χ3v) is 5.27. The lowest BCUT2D eigenvalue weighted by molar-refractivity contribution is 0.0147. The Bertz CT molecular complexity index is 675. The van der Waals surface area contributed by atoms with E-state index >= 15 is 0 Å². The van der Waals surface area contributed by atoms with E-state index in [2.05, 4.69) is 10.2 Å². The van der Waals surface area contributed by atoms with E-state index in [1.807, 2.05) is 56.0 Å². The predicted molar refractivity (Wildman–Crippen MR) is 111 cm³/mol. The van der Waals surface area contributed by atoms with E-state index in [0.29, 0.717) is 12.5 Å². The summed E-state index contributed by atoms with van der Waals surface area (Å²) in [7, 11) is 0. The van der Waals surface area contributed by atoms with Crippen molar-refractivity contribution in [2.45, 2.75) is 51.9 Å². The summed E-state index contributed by atoms with van der Waals surface area (Å²) in [5.74, 6) is 0.583. The smallest absolute Gasteiger partial charge is 0.410 e. The van der Waals surface area contributed by atoms with E-state index in [0.717, 1.165) is 51.1 Å². The lowest BCUT2D eigenvalue weighted by atomic mass is 9.94. The van der Waals surface area contributed by atoms with Crippen LogP contribution < -0.4 is 5.32 Å². The van der Waals surface area contributed by atoms with E-state index in [4.69, 9.17) is 9.47 Å². The molecule has 0 aromatic heterocycles. The molecular weight excluding hydrogens is 370 g/mol. The highest BCUT2D eigenvalue weighted by atomic mass is 16.6. The van der Waals surface area contributed by atoms with Crippen molar-refractivity contribution >= 4 is 12.2 Å². The third-order valence-electron chi connectivity index (χ3n) is 5.27. The molecule has 0 unspecified atom stereocenters. The molecule has 3 rings (SSSR count). The maximum absolute atomic E-state index is 12.1. The molecule has 29 heavy (non-hydrogen) atoms. The first kappa shape index (κ1) is 21.4. The Morgan fingerprint density at radius 3 is 2.38 bits per heavy atom. The van der Waals surface area contributed by atoms with Crippen molar-refractivity contribution < 1.29 is 19.1 Å². The van der Waals surface area contributed by atoms with Crippen molar-refractivity contribution in [1.82, 2.24) is 15.1 Å². The van der Waals surface area contributed by atoms with E-state index in [1.54, 1.807) is 0 Å². The van der Waals surface area contributed by atoms with Gasteiger partial charge in [-0.05, 0) is 45.1 Å². The second kappa shape index (κ2) is 9.48. The van der Waals surface area contributed by atoms with Gasteiger partial charge in [0.15, 0.2) is 0 Å². The van der Waals surface area contributed by atoms with Crippen molar-refractivity contribution in [3.05, 3.63) is 35.9 Å². The lowest BCUT2D eigenvalue weighted by Crippen LogP contribution is -2.60. The number of amides is 2. The van der Waals surface area contributed by atoms with Crippen LogP contribution in [0.25, 0.3) is 0 Å². The summed E-state index contributed by atoms with van der Waals surface area (Å²) < 4.78 is 10.7. The molecule has 0 saturated carbocycles. The zero-order chi connectivity index (χ0) is 20.9.